The summed E-state index contributed by atoms with van der Waals surface area (Å²) in [4.78, 5) is 12.5. The number of aryl methyl sites for hydroxylation is 1. The lowest BCUT2D eigenvalue weighted by molar-refractivity contribution is -0.115. The van der Waals surface area contributed by atoms with Gasteiger partial charge in [0.05, 0.1) is 24.9 Å². The van der Waals surface area contributed by atoms with Crippen LogP contribution in [0.4, 0.5) is 5.69 Å². The van der Waals surface area contributed by atoms with Crippen LogP contribution >= 0.6 is 0 Å². The second-order valence-corrected chi connectivity index (χ2v) is 6.21. The number of rotatable bonds is 5. The predicted octanol–water partition coefficient (Wildman–Crippen LogP) is 3.30. The van der Waals surface area contributed by atoms with Crippen LogP contribution in [-0.2, 0) is 11.2 Å². The van der Waals surface area contributed by atoms with E-state index in [-0.39, 0.29) is 19.1 Å². The zero-order chi connectivity index (χ0) is 18.8. The van der Waals surface area contributed by atoms with E-state index in [9.17, 15) is 4.79 Å². The van der Waals surface area contributed by atoms with Gasteiger partial charge in [0.25, 0.3) is 0 Å². The van der Waals surface area contributed by atoms with Crippen molar-refractivity contribution in [2.45, 2.75) is 13.3 Å². The number of anilines is 1. The normalized spacial score (nSPS) is 12.1. The number of carbonyl (C=O) groups is 1. The minimum atomic E-state index is -0.119. The molecule has 27 heavy (non-hydrogen) atoms. The number of nitrogens with one attached hydrogen (secondary N) is 2. The number of aromatic nitrogens is 2. The molecule has 4 rings (SSSR count). The molecule has 1 amide bonds. The Morgan fingerprint density at radius 1 is 1.19 bits per heavy atom. The van der Waals surface area contributed by atoms with E-state index < -0.39 is 0 Å². The highest BCUT2D eigenvalue weighted by Gasteiger charge is 2.19. The number of H-pyrrole nitrogens is 1. The highest BCUT2D eigenvalue weighted by atomic mass is 16.7. The summed E-state index contributed by atoms with van der Waals surface area (Å²) in [6, 6.07) is 13.0. The maximum absolute atomic E-state index is 12.5. The summed E-state index contributed by atoms with van der Waals surface area (Å²) in [6.45, 7) is 2.08. The van der Waals surface area contributed by atoms with E-state index >= 15 is 0 Å². The Morgan fingerprint density at radius 2 is 1.96 bits per heavy atom. The van der Waals surface area contributed by atoms with Gasteiger partial charge in [-0.05, 0) is 42.8 Å². The molecule has 0 bridgehead atoms. The molecule has 0 atom stereocenters. The van der Waals surface area contributed by atoms with Crippen molar-refractivity contribution in [3.05, 3.63) is 53.7 Å². The van der Waals surface area contributed by atoms with Crippen molar-refractivity contribution < 1.29 is 19.0 Å². The lowest BCUT2D eigenvalue weighted by atomic mass is 10.1. The van der Waals surface area contributed by atoms with Gasteiger partial charge in [0.15, 0.2) is 11.5 Å². The minimum absolute atomic E-state index is 0.119. The van der Waals surface area contributed by atoms with E-state index in [0.29, 0.717) is 22.9 Å². The smallest absolute Gasteiger partial charge is 0.231 e. The monoisotopic (exact) mass is 365 g/mol. The van der Waals surface area contributed by atoms with E-state index in [4.69, 9.17) is 14.2 Å². The van der Waals surface area contributed by atoms with Crippen LogP contribution < -0.4 is 19.5 Å². The third kappa shape index (κ3) is 3.44. The van der Waals surface area contributed by atoms with Gasteiger partial charge in [-0.15, -0.1) is 0 Å². The number of nitrogens with zero attached hydrogens (tertiary/aromatic N) is 1. The van der Waals surface area contributed by atoms with E-state index in [1.165, 1.54) is 0 Å². The van der Waals surface area contributed by atoms with Gasteiger partial charge in [0, 0.05) is 5.56 Å². The van der Waals surface area contributed by atoms with Gasteiger partial charge >= 0.3 is 0 Å². The van der Waals surface area contributed by atoms with Crippen molar-refractivity contribution in [2.24, 2.45) is 0 Å². The second-order valence-electron chi connectivity index (χ2n) is 6.21. The number of ether oxygens (including phenoxy) is 3. The Morgan fingerprint density at radius 3 is 2.74 bits per heavy atom. The SMILES string of the molecule is COc1ccc(CC(=O)Nc2c(-c3ccc4c(c3)OCO4)n[nH]c2C)cc1. The summed E-state index contributed by atoms with van der Waals surface area (Å²) in [5.74, 6) is 2.02. The van der Waals surface area contributed by atoms with Crippen LogP contribution in [0.1, 0.15) is 11.3 Å². The molecule has 1 aromatic heterocycles. The van der Waals surface area contributed by atoms with Gasteiger partial charge in [-0.2, -0.15) is 5.10 Å². The number of benzene rings is 2. The summed E-state index contributed by atoms with van der Waals surface area (Å²) >= 11 is 0. The van der Waals surface area contributed by atoms with Crippen LogP contribution in [-0.4, -0.2) is 30.0 Å². The van der Waals surface area contributed by atoms with E-state index in [1.807, 2.05) is 49.4 Å². The molecule has 0 radical (unpaired) electrons. The van der Waals surface area contributed by atoms with Crippen molar-refractivity contribution in [1.82, 2.24) is 10.2 Å². The molecule has 7 heteroatoms. The van der Waals surface area contributed by atoms with Crippen LogP contribution in [0, 0.1) is 6.92 Å². The summed E-state index contributed by atoms with van der Waals surface area (Å²) in [7, 11) is 1.61. The number of carbonyl (C=O) groups excluding carboxylic acids is 1. The molecule has 1 aliphatic rings. The van der Waals surface area contributed by atoms with Crippen LogP contribution in [0.15, 0.2) is 42.5 Å². The average Bonchev–Trinajstić information content (AvgIpc) is 3.29. The number of methoxy groups -OCH3 is 1. The molecule has 138 valence electrons. The topological polar surface area (TPSA) is 85.5 Å². The van der Waals surface area contributed by atoms with Crippen molar-refractivity contribution in [2.75, 3.05) is 19.2 Å². The lowest BCUT2D eigenvalue weighted by Crippen LogP contribution is -2.15. The Labute approximate surface area is 156 Å². The summed E-state index contributed by atoms with van der Waals surface area (Å²) in [5, 5.41) is 10.2. The molecular formula is C20H19N3O4. The van der Waals surface area contributed by atoms with E-state index in [0.717, 1.165) is 22.6 Å². The predicted molar refractivity (Wildman–Crippen MR) is 100 cm³/mol. The molecule has 0 saturated heterocycles. The highest BCUT2D eigenvalue weighted by molar-refractivity contribution is 5.96. The molecule has 0 aliphatic carbocycles. The first kappa shape index (κ1) is 17.0. The summed E-state index contributed by atoms with van der Waals surface area (Å²) < 4.78 is 15.9. The molecule has 0 saturated carbocycles. The van der Waals surface area contributed by atoms with Crippen molar-refractivity contribution >= 4 is 11.6 Å². The van der Waals surface area contributed by atoms with Crippen LogP contribution in [0.25, 0.3) is 11.3 Å². The van der Waals surface area contributed by atoms with Crippen LogP contribution in [0.3, 0.4) is 0 Å². The van der Waals surface area contributed by atoms with Crippen molar-refractivity contribution in [1.29, 1.82) is 0 Å². The molecule has 2 heterocycles. The standard InChI is InChI=1S/C20H19N3O4/c1-12-19(21-18(24)9-13-3-6-15(25-2)7-4-13)20(23-22-12)14-5-8-16-17(10-14)27-11-26-16/h3-8,10H,9,11H2,1-2H3,(H,21,24)(H,22,23). The van der Waals surface area contributed by atoms with Crippen molar-refractivity contribution in [3.8, 4) is 28.5 Å². The third-order valence-electron chi connectivity index (χ3n) is 4.38. The summed E-state index contributed by atoms with van der Waals surface area (Å²) in [5.41, 5.74) is 3.84. The molecule has 0 fully saturated rings. The Hall–Kier alpha value is -3.48. The molecule has 1 aliphatic heterocycles. The van der Waals surface area contributed by atoms with Crippen LogP contribution in [0.2, 0.25) is 0 Å². The Balaban J connectivity index is 1.53. The fourth-order valence-corrected chi connectivity index (χ4v) is 2.95. The van der Waals surface area contributed by atoms with Gasteiger partial charge in [0.1, 0.15) is 11.4 Å². The van der Waals surface area contributed by atoms with E-state index in [2.05, 4.69) is 15.5 Å². The number of aromatic amines is 1. The Bertz CT molecular complexity index is 979. The lowest BCUT2D eigenvalue weighted by Gasteiger charge is -2.08. The number of amides is 1. The number of hydrogen-bond acceptors (Lipinski definition) is 5. The molecular weight excluding hydrogens is 346 g/mol. The molecule has 2 aromatic carbocycles. The quantitative estimate of drug-likeness (QED) is 0.725. The molecule has 0 unspecified atom stereocenters. The van der Waals surface area contributed by atoms with Gasteiger partial charge < -0.3 is 19.5 Å². The zero-order valence-electron chi connectivity index (χ0n) is 15.0. The minimum Gasteiger partial charge on any atom is -0.497 e. The first-order valence-corrected chi connectivity index (χ1v) is 8.52. The summed E-state index contributed by atoms with van der Waals surface area (Å²) in [6.07, 6.45) is 0.259. The Kier molecular flexibility index (Phi) is 4.42. The van der Waals surface area contributed by atoms with Crippen LogP contribution in [0.5, 0.6) is 17.2 Å². The van der Waals surface area contributed by atoms with Gasteiger partial charge in [-0.25, -0.2) is 0 Å². The fourth-order valence-electron chi connectivity index (χ4n) is 2.95. The van der Waals surface area contributed by atoms with Crippen molar-refractivity contribution in [3.63, 3.8) is 0 Å². The highest BCUT2D eigenvalue weighted by Crippen LogP contribution is 2.37. The largest absolute Gasteiger partial charge is 0.497 e. The molecule has 0 spiro atoms. The molecule has 3 aromatic rings. The average molecular weight is 365 g/mol. The molecule has 7 nitrogen and oxygen atoms in total. The fraction of sp³-hybridized carbons (Fsp3) is 0.200. The number of hydrogen-bond donors (Lipinski definition) is 2. The first-order valence-electron chi connectivity index (χ1n) is 8.52. The number of fused-ring (bicyclic) bond motifs is 1. The third-order valence-corrected chi connectivity index (χ3v) is 4.38. The van der Waals surface area contributed by atoms with Gasteiger partial charge in [-0.3, -0.25) is 9.89 Å². The van der Waals surface area contributed by atoms with Gasteiger partial charge in [-0.1, -0.05) is 12.1 Å². The zero-order valence-corrected chi connectivity index (χ0v) is 15.0. The van der Waals surface area contributed by atoms with E-state index in [1.54, 1.807) is 7.11 Å². The maximum Gasteiger partial charge on any atom is 0.231 e. The van der Waals surface area contributed by atoms with Gasteiger partial charge in [0.2, 0.25) is 12.7 Å². The second kappa shape index (κ2) is 7.03. The first-order chi connectivity index (χ1) is 13.1. The molecule has 2 N–H and O–H groups in total. The maximum atomic E-state index is 12.5.